The number of nitrogens with one attached hydrogen (secondary N) is 2. The number of sulfonamides is 1. The molecule has 3 rings (SSSR count). The Morgan fingerprint density at radius 3 is 2.44 bits per heavy atom. The van der Waals surface area contributed by atoms with Gasteiger partial charge in [0.15, 0.2) is 0 Å². The van der Waals surface area contributed by atoms with E-state index in [0.29, 0.717) is 16.7 Å². The van der Waals surface area contributed by atoms with Crippen LogP contribution in [0.4, 0.5) is 11.4 Å². The van der Waals surface area contributed by atoms with Gasteiger partial charge in [0, 0.05) is 18.0 Å². The molecule has 0 bridgehead atoms. The average molecular weight is 355 g/mol. The van der Waals surface area contributed by atoms with Gasteiger partial charge in [-0.15, -0.1) is 0 Å². The summed E-state index contributed by atoms with van der Waals surface area (Å²) in [6.45, 7) is 1.36. The van der Waals surface area contributed by atoms with E-state index in [1.54, 1.807) is 24.3 Å². The fourth-order valence-corrected chi connectivity index (χ4v) is 3.42. The Balaban J connectivity index is 1.97. The highest BCUT2D eigenvalue weighted by molar-refractivity contribution is 7.92. The number of rotatable bonds is 4. The van der Waals surface area contributed by atoms with Gasteiger partial charge in [-0.3, -0.25) is 9.52 Å². The van der Waals surface area contributed by atoms with E-state index in [-0.39, 0.29) is 22.3 Å². The standard InChI is InChI=1S/C17H13N3O4S/c1-11(21)19-12-6-8-13(9-7-12)25(22,23)20-17-14-4-2-3-5-15(14)24-16(17)10-18/h2-9,20H,1H3,(H,19,21). The van der Waals surface area contributed by atoms with Gasteiger partial charge in [-0.1, -0.05) is 12.1 Å². The normalized spacial score (nSPS) is 11.0. The lowest BCUT2D eigenvalue weighted by molar-refractivity contribution is -0.114. The molecule has 1 aromatic heterocycles. The number of furan rings is 1. The van der Waals surface area contributed by atoms with Crippen LogP contribution in [0.2, 0.25) is 0 Å². The van der Waals surface area contributed by atoms with Gasteiger partial charge < -0.3 is 9.73 Å². The van der Waals surface area contributed by atoms with Crippen molar-refractivity contribution in [3.63, 3.8) is 0 Å². The minimum atomic E-state index is -3.93. The molecule has 2 N–H and O–H groups in total. The highest BCUT2D eigenvalue weighted by Crippen LogP contribution is 2.32. The molecule has 1 amide bonds. The number of carbonyl (C=O) groups is 1. The van der Waals surface area contributed by atoms with E-state index in [1.165, 1.54) is 31.2 Å². The van der Waals surface area contributed by atoms with Crippen molar-refractivity contribution < 1.29 is 17.6 Å². The van der Waals surface area contributed by atoms with E-state index in [4.69, 9.17) is 4.42 Å². The fourth-order valence-electron chi connectivity index (χ4n) is 2.34. The van der Waals surface area contributed by atoms with Crippen LogP contribution < -0.4 is 10.0 Å². The van der Waals surface area contributed by atoms with Gasteiger partial charge in [0.2, 0.25) is 11.7 Å². The first kappa shape index (κ1) is 16.5. The Morgan fingerprint density at radius 2 is 1.80 bits per heavy atom. The summed E-state index contributed by atoms with van der Waals surface area (Å²) >= 11 is 0. The first-order valence-corrected chi connectivity index (χ1v) is 8.71. The fraction of sp³-hybridized carbons (Fsp3) is 0.0588. The number of anilines is 2. The first-order valence-electron chi connectivity index (χ1n) is 7.23. The summed E-state index contributed by atoms with van der Waals surface area (Å²) in [5, 5.41) is 12.2. The van der Waals surface area contributed by atoms with E-state index < -0.39 is 10.0 Å². The number of para-hydroxylation sites is 1. The Morgan fingerprint density at radius 1 is 1.12 bits per heavy atom. The molecule has 0 atom stereocenters. The molecule has 25 heavy (non-hydrogen) atoms. The van der Waals surface area contributed by atoms with Gasteiger partial charge in [-0.25, -0.2) is 8.42 Å². The number of hydrogen-bond acceptors (Lipinski definition) is 5. The molecule has 0 aliphatic carbocycles. The SMILES string of the molecule is CC(=O)Nc1ccc(S(=O)(=O)Nc2c(C#N)oc3ccccc23)cc1. The van der Waals surface area contributed by atoms with Crippen LogP contribution >= 0.6 is 0 Å². The molecule has 0 saturated carbocycles. The number of nitriles is 1. The summed E-state index contributed by atoms with van der Waals surface area (Å²) in [7, 11) is -3.93. The molecule has 1 heterocycles. The second kappa shape index (κ2) is 6.30. The van der Waals surface area contributed by atoms with Crippen LogP contribution in [0.5, 0.6) is 0 Å². The molecule has 8 heteroatoms. The third-order valence-corrected chi connectivity index (χ3v) is 4.78. The molecule has 3 aromatic rings. The molecule has 7 nitrogen and oxygen atoms in total. The summed E-state index contributed by atoms with van der Waals surface area (Å²) in [5.41, 5.74) is 1.000. The van der Waals surface area contributed by atoms with Crippen LogP contribution in [0.1, 0.15) is 12.7 Å². The van der Waals surface area contributed by atoms with Crippen molar-refractivity contribution in [3.8, 4) is 6.07 Å². The van der Waals surface area contributed by atoms with E-state index in [2.05, 4.69) is 10.0 Å². The Kier molecular flexibility index (Phi) is 4.17. The smallest absolute Gasteiger partial charge is 0.262 e. The van der Waals surface area contributed by atoms with E-state index in [1.807, 2.05) is 6.07 Å². The minimum absolute atomic E-state index is 0.00391. The quantitative estimate of drug-likeness (QED) is 0.747. The molecule has 0 aliphatic heterocycles. The van der Waals surface area contributed by atoms with Gasteiger partial charge in [0.25, 0.3) is 10.0 Å². The molecule has 0 fully saturated rings. The van der Waals surface area contributed by atoms with Crippen molar-refractivity contribution in [1.29, 1.82) is 5.26 Å². The minimum Gasteiger partial charge on any atom is -0.443 e. The maximum atomic E-state index is 12.6. The number of carbonyl (C=O) groups excluding carboxylic acids is 1. The molecular formula is C17H13N3O4S. The van der Waals surface area contributed by atoms with Crippen LogP contribution in [-0.4, -0.2) is 14.3 Å². The van der Waals surface area contributed by atoms with Crippen LogP contribution in [0.3, 0.4) is 0 Å². The Bertz CT molecular complexity index is 1090. The van der Waals surface area contributed by atoms with Gasteiger partial charge in [0.05, 0.1) is 4.90 Å². The van der Waals surface area contributed by atoms with Gasteiger partial charge in [-0.05, 0) is 36.4 Å². The number of benzene rings is 2. The maximum absolute atomic E-state index is 12.6. The zero-order chi connectivity index (χ0) is 18.0. The van der Waals surface area contributed by atoms with Crippen molar-refractivity contribution in [2.45, 2.75) is 11.8 Å². The van der Waals surface area contributed by atoms with E-state index in [0.717, 1.165) is 0 Å². The van der Waals surface area contributed by atoms with Crippen molar-refractivity contribution in [3.05, 3.63) is 54.3 Å². The van der Waals surface area contributed by atoms with Crippen LogP contribution in [0.15, 0.2) is 57.8 Å². The topological polar surface area (TPSA) is 112 Å². The van der Waals surface area contributed by atoms with Crippen molar-refractivity contribution >= 4 is 38.3 Å². The largest absolute Gasteiger partial charge is 0.443 e. The zero-order valence-electron chi connectivity index (χ0n) is 13.1. The lowest BCUT2D eigenvalue weighted by atomic mass is 10.2. The lowest BCUT2D eigenvalue weighted by Crippen LogP contribution is -2.13. The monoisotopic (exact) mass is 355 g/mol. The van der Waals surface area contributed by atoms with Crippen LogP contribution in [0.25, 0.3) is 11.0 Å². The van der Waals surface area contributed by atoms with Gasteiger partial charge in [-0.2, -0.15) is 5.26 Å². The second-order valence-electron chi connectivity index (χ2n) is 5.23. The Hall–Kier alpha value is -3.31. The molecule has 0 unspecified atom stereocenters. The summed E-state index contributed by atoms with van der Waals surface area (Å²) in [4.78, 5) is 11.0. The van der Waals surface area contributed by atoms with Crippen molar-refractivity contribution in [1.82, 2.24) is 0 Å². The number of fused-ring (bicyclic) bond motifs is 1. The summed E-state index contributed by atoms with van der Waals surface area (Å²) in [6.07, 6.45) is 0. The molecule has 0 saturated heterocycles. The average Bonchev–Trinajstić information content (AvgIpc) is 2.92. The van der Waals surface area contributed by atoms with E-state index >= 15 is 0 Å². The van der Waals surface area contributed by atoms with Crippen molar-refractivity contribution in [2.75, 3.05) is 10.0 Å². The predicted octanol–water partition coefficient (Wildman–Crippen LogP) is 3.06. The molecular weight excluding hydrogens is 342 g/mol. The van der Waals surface area contributed by atoms with Crippen LogP contribution in [-0.2, 0) is 14.8 Å². The third-order valence-electron chi connectivity index (χ3n) is 3.42. The predicted molar refractivity (Wildman–Crippen MR) is 92.5 cm³/mol. The molecule has 2 aromatic carbocycles. The van der Waals surface area contributed by atoms with Crippen molar-refractivity contribution in [2.24, 2.45) is 0 Å². The molecule has 0 spiro atoms. The number of hydrogen-bond donors (Lipinski definition) is 2. The highest BCUT2D eigenvalue weighted by atomic mass is 32.2. The summed E-state index contributed by atoms with van der Waals surface area (Å²) in [5.74, 6) is -0.364. The zero-order valence-corrected chi connectivity index (χ0v) is 13.9. The first-order chi connectivity index (χ1) is 11.9. The van der Waals surface area contributed by atoms with Gasteiger partial charge in [0.1, 0.15) is 17.3 Å². The Labute approximate surface area is 143 Å². The van der Waals surface area contributed by atoms with E-state index in [9.17, 15) is 18.5 Å². The highest BCUT2D eigenvalue weighted by Gasteiger charge is 2.21. The summed E-state index contributed by atoms with van der Waals surface area (Å²) < 4.78 is 33.0. The summed E-state index contributed by atoms with van der Waals surface area (Å²) in [6, 6.07) is 14.3. The molecule has 0 radical (unpaired) electrons. The van der Waals surface area contributed by atoms with Crippen LogP contribution in [0, 0.1) is 11.3 Å². The lowest BCUT2D eigenvalue weighted by Gasteiger charge is -2.08. The third kappa shape index (κ3) is 3.32. The molecule has 0 aliphatic rings. The second-order valence-corrected chi connectivity index (χ2v) is 6.91. The van der Waals surface area contributed by atoms with Gasteiger partial charge >= 0.3 is 0 Å². The number of amides is 1. The maximum Gasteiger partial charge on any atom is 0.262 e. The number of nitrogens with zero attached hydrogens (tertiary/aromatic N) is 1. The molecule has 126 valence electrons.